The Kier molecular flexibility index (Phi) is 14.2. The first-order valence-electron chi connectivity index (χ1n) is 20.2. The van der Waals surface area contributed by atoms with E-state index in [1.54, 1.807) is 37.1 Å². The van der Waals surface area contributed by atoms with Crippen molar-refractivity contribution in [3.05, 3.63) is 125 Å². The van der Waals surface area contributed by atoms with E-state index in [4.69, 9.17) is 13.9 Å². The molecule has 0 radical (unpaired) electrons. The molecule has 2 aliphatic rings. The Labute approximate surface area is 344 Å². The first kappa shape index (κ1) is 43.5. The first-order chi connectivity index (χ1) is 27.6. The molecule has 4 aromatic carbocycles. The molecule has 12 heteroatoms. The van der Waals surface area contributed by atoms with Gasteiger partial charge in [0.05, 0.1) is 37.0 Å². The van der Waals surface area contributed by atoms with Crippen molar-refractivity contribution < 1.29 is 31.9 Å². The van der Waals surface area contributed by atoms with Gasteiger partial charge in [0, 0.05) is 78.3 Å². The molecule has 2 fully saturated rings. The van der Waals surface area contributed by atoms with Gasteiger partial charge in [-0.2, -0.15) is 13.2 Å². The van der Waals surface area contributed by atoms with Crippen LogP contribution < -0.4 is 15.3 Å². The molecule has 2 heterocycles. The molecule has 0 saturated carbocycles. The van der Waals surface area contributed by atoms with E-state index in [2.05, 4.69) is 80.0 Å². The number of nitrogens with zero attached hydrogens (tertiary/aromatic N) is 4. The zero-order chi connectivity index (χ0) is 41.6. The highest BCUT2D eigenvalue weighted by Crippen LogP contribution is 2.37. The van der Waals surface area contributed by atoms with Crippen molar-refractivity contribution in [2.45, 2.75) is 57.5 Å². The van der Waals surface area contributed by atoms with E-state index in [9.17, 15) is 18.0 Å². The van der Waals surface area contributed by atoms with Crippen LogP contribution in [-0.4, -0.2) is 122 Å². The summed E-state index contributed by atoms with van der Waals surface area (Å²) in [7, 11) is 2.63. The molecule has 58 heavy (non-hydrogen) atoms. The number of anilines is 1. The number of benzene rings is 4. The Morgan fingerprint density at radius 1 is 0.862 bits per heavy atom. The topological polar surface area (TPSA) is 57.7 Å². The summed E-state index contributed by atoms with van der Waals surface area (Å²) in [5, 5.41) is 2.19. The van der Waals surface area contributed by atoms with Gasteiger partial charge in [0.1, 0.15) is 0 Å². The number of rotatable bonds is 13. The lowest BCUT2D eigenvalue weighted by Gasteiger charge is -2.46. The van der Waals surface area contributed by atoms with Crippen LogP contribution in [0.1, 0.15) is 59.5 Å². The standard InChI is InChI=1S/C46H59F3N4O4Si/c1-33-18-19-34(28-41(33)45(2,3)4)43(57-58(39-14-10-8-11-15-39)40-16-12-9-13-17-40)42-31-51(20-21-52-24-25-56-38(30-52)32-55-7)22-23-53(42)44(54)35-26-36(46(47,48)49)29-37(27-35)50(5)6/h8-19,26-29,38,42-43,58H,20-25,30-32H2,1-7H3/t38-,42+,43?/m0/s1. The lowest BCUT2D eigenvalue weighted by atomic mass is 9.82. The smallest absolute Gasteiger partial charge is 0.402 e. The number of morpholine rings is 1. The van der Waals surface area contributed by atoms with Gasteiger partial charge in [-0.05, 0) is 57.6 Å². The van der Waals surface area contributed by atoms with Crippen LogP contribution in [0.2, 0.25) is 0 Å². The van der Waals surface area contributed by atoms with Gasteiger partial charge in [0.2, 0.25) is 9.04 Å². The SMILES string of the molecule is COC[C@@H]1CN(CCN2CCN(C(=O)c3cc(N(C)C)cc(C(F)(F)F)c3)[C@@H](C(O[SiH](c3ccccc3)c3ccccc3)c3ccc(C)c(C(C)(C)C)c3)C2)CCO1. The van der Waals surface area contributed by atoms with Gasteiger partial charge >= 0.3 is 6.18 Å². The van der Waals surface area contributed by atoms with Crippen molar-refractivity contribution in [1.29, 1.82) is 0 Å². The number of hydrogen-bond donors (Lipinski definition) is 0. The van der Waals surface area contributed by atoms with Crippen molar-refractivity contribution in [3.63, 3.8) is 0 Å². The van der Waals surface area contributed by atoms with Gasteiger partial charge in [-0.3, -0.25) is 14.6 Å². The maximum Gasteiger partial charge on any atom is 0.416 e. The number of hydrogen-bond acceptors (Lipinski definition) is 7. The first-order valence-corrected chi connectivity index (χ1v) is 21.9. The molecule has 1 amide bonds. The van der Waals surface area contributed by atoms with Crippen LogP contribution in [0.4, 0.5) is 18.9 Å². The van der Waals surface area contributed by atoms with Crippen molar-refractivity contribution in [3.8, 4) is 0 Å². The molecule has 1 unspecified atom stereocenters. The summed E-state index contributed by atoms with van der Waals surface area (Å²) < 4.78 is 61.9. The molecule has 2 saturated heterocycles. The van der Waals surface area contributed by atoms with Crippen molar-refractivity contribution in [2.75, 3.05) is 85.1 Å². The largest absolute Gasteiger partial charge is 0.416 e. The zero-order valence-electron chi connectivity index (χ0n) is 35.0. The number of piperazine rings is 1. The molecule has 6 rings (SSSR count). The van der Waals surface area contributed by atoms with Crippen molar-refractivity contribution in [1.82, 2.24) is 14.7 Å². The lowest BCUT2D eigenvalue weighted by molar-refractivity contribution is -0.137. The second-order valence-corrected chi connectivity index (χ2v) is 19.2. The maximum atomic E-state index is 15.0. The minimum atomic E-state index is -4.62. The number of methoxy groups -OCH3 is 1. The fraction of sp³-hybridized carbons (Fsp3) is 0.457. The average Bonchev–Trinajstić information content (AvgIpc) is 3.20. The Balaban J connectivity index is 1.46. The third kappa shape index (κ3) is 10.8. The minimum Gasteiger partial charge on any atom is -0.402 e. The number of amides is 1. The maximum absolute atomic E-state index is 15.0. The van der Waals surface area contributed by atoms with Crippen LogP contribution in [-0.2, 0) is 25.5 Å². The molecular weight excluding hydrogens is 758 g/mol. The van der Waals surface area contributed by atoms with Crippen LogP contribution in [0.5, 0.6) is 0 Å². The average molecular weight is 817 g/mol. The number of carbonyl (C=O) groups excluding carboxylic acids is 1. The summed E-state index contributed by atoms with van der Waals surface area (Å²) in [5.74, 6) is -0.441. The Morgan fingerprint density at radius 3 is 2.09 bits per heavy atom. The summed E-state index contributed by atoms with van der Waals surface area (Å²) in [6, 6.07) is 30.1. The van der Waals surface area contributed by atoms with E-state index in [-0.39, 0.29) is 17.1 Å². The molecular formula is C46H59F3N4O4Si. The van der Waals surface area contributed by atoms with Gasteiger partial charge in [-0.1, -0.05) is 99.6 Å². The van der Waals surface area contributed by atoms with Crippen molar-refractivity contribution in [2.24, 2.45) is 0 Å². The molecule has 312 valence electrons. The summed E-state index contributed by atoms with van der Waals surface area (Å²) in [5.41, 5.74) is 2.57. The van der Waals surface area contributed by atoms with E-state index in [0.717, 1.165) is 59.8 Å². The Hall–Kier alpha value is -4.04. The second kappa shape index (κ2) is 18.9. The number of aryl methyl sites for hydroxylation is 1. The molecule has 3 atom stereocenters. The molecule has 8 nitrogen and oxygen atoms in total. The van der Waals surface area contributed by atoms with Crippen LogP contribution >= 0.6 is 0 Å². The van der Waals surface area contributed by atoms with Crippen LogP contribution in [0.25, 0.3) is 0 Å². The fourth-order valence-corrected chi connectivity index (χ4v) is 10.7. The van der Waals surface area contributed by atoms with E-state index in [1.807, 2.05) is 36.4 Å². The monoisotopic (exact) mass is 816 g/mol. The van der Waals surface area contributed by atoms with E-state index in [0.29, 0.717) is 38.5 Å². The predicted octanol–water partition coefficient (Wildman–Crippen LogP) is 6.15. The second-order valence-electron chi connectivity index (χ2n) is 16.9. The third-order valence-electron chi connectivity index (χ3n) is 11.3. The van der Waals surface area contributed by atoms with E-state index in [1.165, 1.54) is 5.56 Å². The molecule has 0 spiro atoms. The summed E-state index contributed by atoms with van der Waals surface area (Å²) in [4.78, 5) is 23.1. The molecule has 2 aliphatic heterocycles. The van der Waals surface area contributed by atoms with E-state index < -0.39 is 38.8 Å². The van der Waals surface area contributed by atoms with E-state index >= 15 is 0 Å². The summed E-state index contributed by atoms with van der Waals surface area (Å²) in [6.07, 6.45) is -5.21. The predicted molar refractivity (Wildman–Crippen MR) is 228 cm³/mol. The van der Waals surface area contributed by atoms with Gasteiger partial charge in [-0.15, -0.1) is 0 Å². The molecule has 0 aromatic heterocycles. The quantitative estimate of drug-likeness (QED) is 0.150. The number of halogens is 3. The summed E-state index contributed by atoms with van der Waals surface area (Å²) >= 11 is 0. The highest BCUT2D eigenvalue weighted by atomic mass is 28.3. The molecule has 0 aliphatic carbocycles. The van der Waals surface area contributed by atoms with Crippen LogP contribution in [0.3, 0.4) is 0 Å². The fourth-order valence-electron chi connectivity index (χ4n) is 8.23. The van der Waals surface area contributed by atoms with Crippen LogP contribution in [0, 0.1) is 6.92 Å². The van der Waals surface area contributed by atoms with Gasteiger partial charge in [0.15, 0.2) is 0 Å². The molecule has 4 aromatic rings. The molecule has 0 N–H and O–H groups in total. The van der Waals surface area contributed by atoms with Crippen LogP contribution in [0.15, 0.2) is 97.1 Å². The normalized spacial score (nSPS) is 19.1. The Morgan fingerprint density at radius 2 is 1.50 bits per heavy atom. The van der Waals surface area contributed by atoms with Crippen molar-refractivity contribution >= 4 is 31.0 Å². The van der Waals surface area contributed by atoms with Gasteiger partial charge in [0.25, 0.3) is 5.91 Å². The van der Waals surface area contributed by atoms with Gasteiger partial charge in [-0.25, -0.2) is 0 Å². The highest BCUT2D eigenvalue weighted by molar-refractivity contribution is 6.80. The number of carbonyl (C=O) groups is 1. The Bertz CT molecular complexity index is 1920. The third-order valence-corrected chi connectivity index (χ3v) is 13.9. The zero-order valence-corrected chi connectivity index (χ0v) is 36.1. The highest BCUT2D eigenvalue weighted by Gasteiger charge is 2.41. The van der Waals surface area contributed by atoms with Gasteiger partial charge < -0.3 is 23.7 Å². The summed E-state index contributed by atoms with van der Waals surface area (Å²) in [6.45, 7) is 14.4. The molecule has 0 bridgehead atoms. The minimum absolute atomic E-state index is 0.00688. The number of ether oxygens (including phenoxy) is 2. The lowest BCUT2D eigenvalue weighted by Crippen LogP contribution is -2.60. The number of alkyl halides is 3.